The maximum atomic E-state index is 11.9. The fraction of sp³-hybridized carbons (Fsp3) is 0.364. The minimum absolute atomic E-state index is 0.373. The van der Waals surface area contributed by atoms with E-state index in [0.717, 1.165) is 5.56 Å². The van der Waals surface area contributed by atoms with Gasteiger partial charge in [0.25, 0.3) is 6.43 Å². The molecule has 1 aromatic rings. The highest BCUT2D eigenvalue weighted by Gasteiger charge is 2.05. The first-order chi connectivity index (χ1) is 7.67. The number of halogens is 2. The van der Waals surface area contributed by atoms with Crippen LogP contribution in [0.15, 0.2) is 29.4 Å². The minimum Gasteiger partial charge on any atom is -0.488 e. The molecule has 88 valence electrons. The molecule has 0 radical (unpaired) electrons. The molecule has 5 heteroatoms. The van der Waals surface area contributed by atoms with E-state index in [-0.39, 0.29) is 0 Å². The standard InChI is InChI=1S/C11H13F2NO2/c1-2-10(14-15)8-3-5-9(6-4-8)16-7-11(12)13/h3-6,11,15H,2,7H2,1H3/b14-10+. The van der Waals surface area contributed by atoms with Crippen LogP contribution in [0, 0.1) is 0 Å². The molecule has 0 bridgehead atoms. The van der Waals surface area contributed by atoms with Crippen LogP contribution in [0.3, 0.4) is 0 Å². The van der Waals surface area contributed by atoms with E-state index in [4.69, 9.17) is 9.94 Å². The van der Waals surface area contributed by atoms with Gasteiger partial charge >= 0.3 is 0 Å². The van der Waals surface area contributed by atoms with Gasteiger partial charge in [0.15, 0.2) is 0 Å². The van der Waals surface area contributed by atoms with E-state index in [2.05, 4.69) is 5.16 Å². The van der Waals surface area contributed by atoms with Crippen molar-refractivity contribution < 1.29 is 18.7 Å². The summed E-state index contributed by atoms with van der Waals surface area (Å²) in [7, 11) is 0. The highest BCUT2D eigenvalue weighted by Crippen LogP contribution is 2.14. The number of hydrogen-bond acceptors (Lipinski definition) is 3. The molecular weight excluding hydrogens is 216 g/mol. The highest BCUT2D eigenvalue weighted by atomic mass is 19.3. The summed E-state index contributed by atoms with van der Waals surface area (Å²) in [6.07, 6.45) is -1.89. The fourth-order valence-corrected chi connectivity index (χ4v) is 1.24. The fourth-order valence-electron chi connectivity index (χ4n) is 1.24. The molecule has 0 heterocycles. The third kappa shape index (κ3) is 3.49. The van der Waals surface area contributed by atoms with Gasteiger partial charge in [-0.15, -0.1) is 0 Å². The van der Waals surface area contributed by atoms with Gasteiger partial charge in [-0.3, -0.25) is 0 Å². The zero-order chi connectivity index (χ0) is 12.0. The number of ether oxygens (including phenoxy) is 1. The second-order valence-corrected chi connectivity index (χ2v) is 3.13. The molecule has 0 fully saturated rings. The third-order valence-electron chi connectivity index (χ3n) is 2.02. The van der Waals surface area contributed by atoms with E-state index in [1.165, 1.54) is 0 Å². The van der Waals surface area contributed by atoms with Crippen LogP contribution in [0.1, 0.15) is 18.9 Å². The van der Waals surface area contributed by atoms with Crippen LogP contribution in [0.4, 0.5) is 8.78 Å². The third-order valence-corrected chi connectivity index (χ3v) is 2.02. The number of nitrogens with zero attached hydrogens (tertiary/aromatic N) is 1. The molecule has 1 rings (SSSR count). The van der Waals surface area contributed by atoms with Crippen molar-refractivity contribution in [3.05, 3.63) is 29.8 Å². The van der Waals surface area contributed by atoms with Crippen LogP contribution in [0.5, 0.6) is 5.75 Å². The summed E-state index contributed by atoms with van der Waals surface area (Å²) < 4.78 is 28.5. The van der Waals surface area contributed by atoms with E-state index in [9.17, 15) is 8.78 Å². The Morgan fingerprint density at radius 2 is 2.00 bits per heavy atom. The van der Waals surface area contributed by atoms with Crippen molar-refractivity contribution in [3.63, 3.8) is 0 Å². The van der Waals surface area contributed by atoms with Gasteiger partial charge in [0.2, 0.25) is 0 Å². The maximum absolute atomic E-state index is 11.9. The van der Waals surface area contributed by atoms with E-state index in [1.807, 2.05) is 6.92 Å². The molecule has 0 aliphatic rings. The molecule has 3 nitrogen and oxygen atoms in total. The Morgan fingerprint density at radius 3 is 2.44 bits per heavy atom. The SMILES string of the molecule is CC/C(=N\O)c1ccc(OCC(F)F)cc1. The van der Waals surface area contributed by atoms with Crippen molar-refractivity contribution in [2.75, 3.05) is 6.61 Å². The summed E-state index contributed by atoms with van der Waals surface area (Å²) >= 11 is 0. The lowest BCUT2D eigenvalue weighted by molar-refractivity contribution is 0.0819. The van der Waals surface area contributed by atoms with Crippen LogP contribution in [0.25, 0.3) is 0 Å². The van der Waals surface area contributed by atoms with Crippen LogP contribution >= 0.6 is 0 Å². The lowest BCUT2D eigenvalue weighted by Crippen LogP contribution is -2.07. The molecule has 0 saturated carbocycles. The average Bonchev–Trinajstić information content (AvgIpc) is 2.29. The Labute approximate surface area is 92.3 Å². The summed E-state index contributed by atoms with van der Waals surface area (Å²) in [5.74, 6) is 0.373. The van der Waals surface area contributed by atoms with E-state index in [1.54, 1.807) is 24.3 Å². The second kappa shape index (κ2) is 6.05. The van der Waals surface area contributed by atoms with E-state index >= 15 is 0 Å². The van der Waals surface area contributed by atoms with Gasteiger partial charge in [-0.25, -0.2) is 8.78 Å². The van der Waals surface area contributed by atoms with Crippen LogP contribution < -0.4 is 4.74 Å². The van der Waals surface area contributed by atoms with Crippen LogP contribution in [-0.4, -0.2) is 24.0 Å². The van der Waals surface area contributed by atoms with Gasteiger partial charge in [-0.05, 0) is 36.2 Å². The number of alkyl halides is 2. The molecule has 16 heavy (non-hydrogen) atoms. The minimum atomic E-state index is -2.48. The van der Waals surface area contributed by atoms with Crippen LogP contribution in [-0.2, 0) is 0 Å². The first kappa shape index (κ1) is 12.4. The Morgan fingerprint density at radius 1 is 1.38 bits per heavy atom. The first-order valence-corrected chi connectivity index (χ1v) is 4.89. The van der Waals surface area contributed by atoms with Gasteiger partial charge in [0.05, 0.1) is 5.71 Å². The van der Waals surface area contributed by atoms with Crippen molar-refractivity contribution in [1.82, 2.24) is 0 Å². The van der Waals surface area contributed by atoms with Crippen molar-refractivity contribution in [2.24, 2.45) is 5.16 Å². The summed E-state index contributed by atoms with van der Waals surface area (Å²) in [4.78, 5) is 0. The van der Waals surface area contributed by atoms with Crippen molar-refractivity contribution in [1.29, 1.82) is 0 Å². The number of benzene rings is 1. The zero-order valence-corrected chi connectivity index (χ0v) is 8.86. The lowest BCUT2D eigenvalue weighted by Gasteiger charge is -2.06. The monoisotopic (exact) mass is 229 g/mol. The molecule has 1 aromatic carbocycles. The smallest absolute Gasteiger partial charge is 0.272 e. The first-order valence-electron chi connectivity index (χ1n) is 4.89. The quantitative estimate of drug-likeness (QED) is 0.479. The van der Waals surface area contributed by atoms with Crippen molar-refractivity contribution in [2.45, 2.75) is 19.8 Å². The molecule has 0 aliphatic heterocycles. The van der Waals surface area contributed by atoms with Gasteiger partial charge in [-0.1, -0.05) is 12.1 Å². The predicted molar refractivity (Wildman–Crippen MR) is 56.6 cm³/mol. The zero-order valence-electron chi connectivity index (χ0n) is 8.86. The molecule has 0 amide bonds. The number of hydrogen-bond donors (Lipinski definition) is 1. The summed E-state index contributed by atoms with van der Waals surface area (Å²) in [6.45, 7) is 1.24. The average molecular weight is 229 g/mol. The van der Waals surface area contributed by atoms with Gasteiger partial charge in [0, 0.05) is 0 Å². The molecule has 0 aliphatic carbocycles. The summed E-state index contributed by atoms with van der Waals surface area (Å²) in [6, 6.07) is 6.47. The normalized spacial score (nSPS) is 11.9. The van der Waals surface area contributed by atoms with Gasteiger partial charge in [-0.2, -0.15) is 0 Å². The predicted octanol–water partition coefficient (Wildman–Crippen LogP) is 2.92. The summed E-state index contributed by atoms with van der Waals surface area (Å²) in [5, 5.41) is 11.8. The van der Waals surface area contributed by atoms with Gasteiger partial charge in [0.1, 0.15) is 12.4 Å². The van der Waals surface area contributed by atoms with Crippen LogP contribution in [0.2, 0.25) is 0 Å². The molecule has 0 spiro atoms. The Hall–Kier alpha value is -1.65. The molecular formula is C11H13F2NO2. The molecule has 0 aromatic heterocycles. The number of rotatable bonds is 5. The van der Waals surface area contributed by atoms with E-state index < -0.39 is 13.0 Å². The Kier molecular flexibility index (Phi) is 4.69. The Balaban J connectivity index is 2.67. The number of oxime groups is 1. The lowest BCUT2D eigenvalue weighted by atomic mass is 10.1. The summed E-state index contributed by atoms with van der Waals surface area (Å²) in [5.41, 5.74) is 1.29. The molecule has 0 saturated heterocycles. The van der Waals surface area contributed by atoms with Gasteiger partial charge < -0.3 is 9.94 Å². The van der Waals surface area contributed by atoms with E-state index in [0.29, 0.717) is 17.9 Å². The highest BCUT2D eigenvalue weighted by molar-refractivity contribution is 6.00. The molecule has 0 atom stereocenters. The topological polar surface area (TPSA) is 41.8 Å². The molecule has 1 N–H and O–H groups in total. The molecule has 0 unspecified atom stereocenters. The largest absolute Gasteiger partial charge is 0.488 e. The Bertz CT molecular complexity index is 350. The maximum Gasteiger partial charge on any atom is 0.272 e. The van der Waals surface area contributed by atoms with Crippen molar-refractivity contribution in [3.8, 4) is 5.75 Å². The van der Waals surface area contributed by atoms with Crippen molar-refractivity contribution >= 4 is 5.71 Å². The second-order valence-electron chi connectivity index (χ2n) is 3.13.